The van der Waals surface area contributed by atoms with Crippen molar-refractivity contribution >= 4 is 15.9 Å². The maximum absolute atomic E-state index is 12.9. The van der Waals surface area contributed by atoms with Crippen molar-refractivity contribution in [3.05, 3.63) is 29.3 Å². The van der Waals surface area contributed by atoms with Crippen LogP contribution in [-0.2, 0) is 5.33 Å². The van der Waals surface area contributed by atoms with Gasteiger partial charge in [-0.2, -0.15) is 0 Å². The summed E-state index contributed by atoms with van der Waals surface area (Å²) in [5.41, 5.74) is 0.468. The van der Waals surface area contributed by atoms with Gasteiger partial charge < -0.3 is 4.74 Å². The molecule has 0 amide bonds. The van der Waals surface area contributed by atoms with Crippen molar-refractivity contribution in [3.63, 3.8) is 0 Å². The molecule has 0 heterocycles. The second-order valence-electron chi connectivity index (χ2n) is 2.21. The van der Waals surface area contributed by atoms with E-state index in [9.17, 15) is 8.78 Å². The predicted molar refractivity (Wildman–Crippen MR) is 45.5 cm³/mol. The van der Waals surface area contributed by atoms with Gasteiger partial charge in [-0.1, -0.05) is 15.9 Å². The fourth-order valence-corrected chi connectivity index (χ4v) is 1.36. The average Bonchev–Trinajstić information content (AvgIpc) is 2.03. The number of halogens is 3. The summed E-state index contributed by atoms with van der Waals surface area (Å²) in [7, 11) is 1.35. The van der Waals surface area contributed by atoms with Crippen molar-refractivity contribution in [2.24, 2.45) is 0 Å². The van der Waals surface area contributed by atoms with Crippen LogP contribution in [-0.4, -0.2) is 7.11 Å². The van der Waals surface area contributed by atoms with Crippen LogP contribution < -0.4 is 4.74 Å². The molecule has 0 fully saturated rings. The molecule has 0 atom stereocenters. The van der Waals surface area contributed by atoms with E-state index in [-0.39, 0.29) is 5.75 Å². The summed E-state index contributed by atoms with van der Waals surface area (Å²) in [6, 6.07) is 2.03. The quantitative estimate of drug-likeness (QED) is 0.718. The average molecular weight is 237 g/mol. The molecule has 0 aliphatic rings. The smallest absolute Gasteiger partial charge is 0.168 e. The van der Waals surface area contributed by atoms with E-state index in [2.05, 4.69) is 15.9 Å². The minimum Gasteiger partial charge on any atom is -0.493 e. The van der Waals surface area contributed by atoms with Gasteiger partial charge in [0.15, 0.2) is 11.6 Å². The zero-order chi connectivity index (χ0) is 9.14. The molecule has 0 bridgehead atoms. The molecule has 4 heteroatoms. The summed E-state index contributed by atoms with van der Waals surface area (Å²) < 4.78 is 30.3. The molecule has 1 aromatic carbocycles. The molecule has 0 aliphatic heterocycles. The largest absolute Gasteiger partial charge is 0.493 e. The van der Waals surface area contributed by atoms with Gasteiger partial charge in [-0.3, -0.25) is 0 Å². The SMILES string of the molecule is COc1c(F)cc(F)cc1CBr. The van der Waals surface area contributed by atoms with Crippen LogP contribution in [0, 0.1) is 11.6 Å². The van der Waals surface area contributed by atoms with Gasteiger partial charge in [-0.15, -0.1) is 0 Å². The maximum Gasteiger partial charge on any atom is 0.168 e. The highest BCUT2D eigenvalue weighted by Crippen LogP contribution is 2.25. The number of benzene rings is 1. The zero-order valence-corrected chi connectivity index (χ0v) is 7.99. The molecule has 66 valence electrons. The molecule has 0 radical (unpaired) electrons. The third-order valence-electron chi connectivity index (χ3n) is 1.43. The Morgan fingerprint density at radius 1 is 1.42 bits per heavy atom. The third kappa shape index (κ3) is 1.75. The van der Waals surface area contributed by atoms with E-state index in [0.717, 1.165) is 6.07 Å². The van der Waals surface area contributed by atoms with E-state index in [1.54, 1.807) is 0 Å². The van der Waals surface area contributed by atoms with Crippen molar-refractivity contribution in [1.82, 2.24) is 0 Å². The topological polar surface area (TPSA) is 9.23 Å². The minimum absolute atomic E-state index is 0.0910. The number of hydrogen-bond donors (Lipinski definition) is 0. The fraction of sp³-hybridized carbons (Fsp3) is 0.250. The molecule has 1 rings (SSSR count). The van der Waals surface area contributed by atoms with E-state index < -0.39 is 11.6 Å². The highest BCUT2D eigenvalue weighted by Gasteiger charge is 2.09. The monoisotopic (exact) mass is 236 g/mol. The predicted octanol–water partition coefficient (Wildman–Crippen LogP) is 2.87. The van der Waals surface area contributed by atoms with Gasteiger partial charge >= 0.3 is 0 Å². The molecule has 0 saturated heterocycles. The van der Waals surface area contributed by atoms with Crippen molar-refractivity contribution in [2.45, 2.75) is 5.33 Å². The number of rotatable bonds is 2. The van der Waals surface area contributed by atoms with Gasteiger partial charge in [0, 0.05) is 17.0 Å². The summed E-state index contributed by atoms with van der Waals surface area (Å²) in [4.78, 5) is 0. The van der Waals surface area contributed by atoms with Gasteiger partial charge in [0.05, 0.1) is 7.11 Å². The second kappa shape index (κ2) is 3.85. The molecular formula is C8H7BrF2O. The van der Waals surface area contributed by atoms with Crippen LogP contribution >= 0.6 is 15.9 Å². The lowest BCUT2D eigenvalue weighted by Gasteiger charge is -2.06. The number of alkyl halides is 1. The Hall–Kier alpha value is -0.640. The van der Waals surface area contributed by atoms with Gasteiger partial charge in [-0.05, 0) is 6.07 Å². The molecule has 0 saturated carbocycles. The molecule has 1 nitrogen and oxygen atoms in total. The number of methoxy groups -OCH3 is 1. The first kappa shape index (κ1) is 9.45. The van der Waals surface area contributed by atoms with E-state index in [1.807, 2.05) is 0 Å². The maximum atomic E-state index is 12.9. The van der Waals surface area contributed by atoms with E-state index in [1.165, 1.54) is 13.2 Å². The Labute approximate surface area is 77.5 Å². The van der Waals surface area contributed by atoms with Crippen molar-refractivity contribution in [3.8, 4) is 5.75 Å². The summed E-state index contributed by atoms with van der Waals surface area (Å²) >= 11 is 3.10. The van der Waals surface area contributed by atoms with Gasteiger partial charge in [-0.25, -0.2) is 8.78 Å². The number of hydrogen-bond acceptors (Lipinski definition) is 1. The Morgan fingerprint density at radius 3 is 2.58 bits per heavy atom. The first-order valence-corrected chi connectivity index (χ1v) is 4.39. The fourth-order valence-electron chi connectivity index (χ4n) is 0.942. The van der Waals surface area contributed by atoms with Gasteiger partial charge in [0.2, 0.25) is 0 Å². The Bertz CT molecular complexity index is 289. The molecule has 0 aliphatic carbocycles. The summed E-state index contributed by atoms with van der Waals surface area (Å²) in [5.74, 6) is -1.18. The van der Waals surface area contributed by atoms with E-state index >= 15 is 0 Å². The standard InChI is InChI=1S/C8H7BrF2O/c1-12-8-5(4-9)2-6(10)3-7(8)11/h2-3H,4H2,1H3. The summed E-state index contributed by atoms with van der Waals surface area (Å²) in [5, 5.41) is 0.366. The molecule has 0 unspecified atom stereocenters. The molecule has 0 aromatic heterocycles. The van der Waals surface area contributed by atoms with Crippen molar-refractivity contribution in [2.75, 3.05) is 7.11 Å². The Balaban J connectivity index is 3.24. The van der Waals surface area contributed by atoms with Crippen LogP contribution in [0.2, 0.25) is 0 Å². The summed E-state index contributed by atoms with van der Waals surface area (Å²) in [6.45, 7) is 0. The van der Waals surface area contributed by atoms with Crippen LogP contribution in [0.3, 0.4) is 0 Å². The number of ether oxygens (including phenoxy) is 1. The van der Waals surface area contributed by atoms with Gasteiger partial charge in [0.25, 0.3) is 0 Å². The summed E-state index contributed by atoms with van der Waals surface area (Å²) in [6.07, 6.45) is 0. The molecule has 0 N–H and O–H groups in total. The first-order chi connectivity index (χ1) is 5.69. The van der Waals surface area contributed by atoms with E-state index in [0.29, 0.717) is 10.9 Å². The molecular weight excluding hydrogens is 230 g/mol. The highest BCUT2D eigenvalue weighted by molar-refractivity contribution is 9.08. The third-order valence-corrected chi connectivity index (χ3v) is 2.04. The minimum atomic E-state index is -0.674. The first-order valence-electron chi connectivity index (χ1n) is 3.27. The normalized spacial score (nSPS) is 10.0. The van der Waals surface area contributed by atoms with Gasteiger partial charge in [0.1, 0.15) is 5.82 Å². The highest BCUT2D eigenvalue weighted by atomic mass is 79.9. The van der Waals surface area contributed by atoms with Crippen molar-refractivity contribution < 1.29 is 13.5 Å². The van der Waals surface area contributed by atoms with Crippen LogP contribution in [0.5, 0.6) is 5.75 Å². The van der Waals surface area contributed by atoms with Crippen molar-refractivity contribution in [1.29, 1.82) is 0 Å². The lowest BCUT2D eigenvalue weighted by Crippen LogP contribution is -1.94. The lowest BCUT2D eigenvalue weighted by molar-refractivity contribution is 0.380. The van der Waals surface area contributed by atoms with Crippen LogP contribution in [0.15, 0.2) is 12.1 Å². The van der Waals surface area contributed by atoms with Crippen LogP contribution in [0.4, 0.5) is 8.78 Å². The lowest BCUT2D eigenvalue weighted by atomic mass is 10.2. The van der Waals surface area contributed by atoms with E-state index in [4.69, 9.17) is 4.74 Å². The molecule has 0 spiro atoms. The Morgan fingerprint density at radius 2 is 2.08 bits per heavy atom. The zero-order valence-electron chi connectivity index (χ0n) is 6.40. The van der Waals surface area contributed by atoms with Crippen LogP contribution in [0.25, 0.3) is 0 Å². The molecule has 1 aromatic rings. The second-order valence-corrected chi connectivity index (χ2v) is 2.77. The molecule has 12 heavy (non-hydrogen) atoms. The van der Waals surface area contributed by atoms with Crippen LogP contribution in [0.1, 0.15) is 5.56 Å². The Kier molecular flexibility index (Phi) is 3.03.